The zero-order chi connectivity index (χ0) is 48.6. The third-order valence-corrected chi connectivity index (χ3v) is 16.3. The van der Waals surface area contributed by atoms with Crippen molar-refractivity contribution in [2.45, 2.75) is 63.7 Å². The molecule has 11 aromatic rings. The molecule has 10 aromatic carbocycles. The third kappa shape index (κ3) is 7.23. The van der Waals surface area contributed by atoms with Crippen molar-refractivity contribution in [1.82, 2.24) is 4.57 Å². The normalized spacial score (nSPS) is 14.2. The fourth-order valence-electron chi connectivity index (χ4n) is 12.6. The molecular formula is C70H58N2. The Morgan fingerprint density at radius 1 is 0.403 bits per heavy atom. The molecule has 0 saturated carbocycles. The molecule has 0 N–H and O–H groups in total. The van der Waals surface area contributed by atoms with Gasteiger partial charge in [-0.3, -0.25) is 0 Å². The van der Waals surface area contributed by atoms with Crippen LogP contribution in [0.1, 0.15) is 79.0 Å². The highest BCUT2D eigenvalue weighted by molar-refractivity contribution is 6.11. The lowest BCUT2D eigenvalue weighted by Crippen LogP contribution is -2.15. The Hall–Kier alpha value is -8.20. The van der Waals surface area contributed by atoms with Crippen LogP contribution >= 0.6 is 0 Å². The molecule has 1 heterocycles. The largest absolute Gasteiger partial charge is 0.310 e. The summed E-state index contributed by atoms with van der Waals surface area (Å²) in [5.41, 5.74) is 24.5. The number of para-hydroxylation sites is 3. The van der Waals surface area contributed by atoms with Crippen molar-refractivity contribution >= 4 is 38.9 Å². The second-order valence-electron chi connectivity index (χ2n) is 21.2. The van der Waals surface area contributed by atoms with Crippen LogP contribution in [0.3, 0.4) is 0 Å². The van der Waals surface area contributed by atoms with E-state index in [1.807, 2.05) is 0 Å². The Morgan fingerprint density at radius 3 is 1.62 bits per heavy atom. The maximum Gasteiger partial charge on any atom is 0.0541 e. The lowest BCUT2D eigenvalue weighted by molar-refractivity contribution is 0.618. The smallest absolute Gasteiger partial charge is 0.0541 e. The predicted octanol–water partition coefficient (Wildman–Crippen LogP) is 18.5. The first kappa shape index (κ1) is 43.8. The molecule has 0 radical (unpaired) electrons. The highest BCUT2D eigenvalue weighted by Crippen LogP contribution is 2.51. The van der Waals surface area contributed by atoms with E-state index in [1.54, 1.807) is 0 Å². The molecular weight excluding hydrogens is 869 g/mol. The predicted molar refractivity (Wildman–Crippen MR) is 304 cm³/mol. The van der Waals surface area contributed by atoms with E-state index in [0.717, 1.165) is 36.3 Å². The van der Waals surface area contributed by atoms with Gasteiger partial charge in [0.1, 0.15) is 0 Å². The lowest BCUT2D eigenvalue weighted by atomic mass is 9.81. The van der Waals surface area contributed by atoms with Gasteiger partial charge in [0.2, 0.25) is 0 Å². The molecule has 2 aliphatic carbocycles. The molecule has 0 spiro atoms. The van der Waals surface area contributed by atoms with E-state index in [4.69, 9.17) is 0 Å². The van der Waals surface area contributed by atoms with Crippen LogP contribution in [0.4, 0.5) is 17.1 Å². The fraction of sp³-hybridized carbons (Fsp3) is 0.143. The van der Waals surface area contributed by atoms with Crippen LogP contribution < -0.4 is 4.90 Å². The summed E-state index contributed by atoms with van der Waals surface area (Å²) in [4.78, 5) is 2.43. The van der Waals surface area contributed by atoms with Crippen LogP contribution in [-0.4, -0.2) is 4.57 Å². The van der Waals surface area contributed by atoms with Crippen LogP contribution in [-0.2, 0) is 23.7 Å². The molecule has 2 heteroatoms. The highest BCUT2D eigenvalue weighted by atomic mass is 15.1. The van der Waals surface area contributed by atoms with E-state index < -0.39 is 0 Å². The molecule has 1 atom stereocenters. The summed E-state index contributed by atoms with van der Waals surface area (Å²) < 4.78 is 2.48. The third-order valence-electron chi connectivity index (χ3n) is 16.3. The summed E-state index contributed by atoms with van der Waals surface area (Å²) in [7, 11) is 0. The van der Waals surface area contributed by atoms with Gasteiger partial charge in [0.25, 0.3) is 0 Å². The van der Waals surface area contributed by atoms with Crippen molar-refractivity contribution in [3.8, 4) is 39.1 Å². The van der Waals surface area contributed by atoms with Crippen LogP contribution in [0.25, 0.3) is 60.9 Å². The number of hydrogen-bond donors (Lipinski definition) is 0. The van der Waals surface area contributed by atoms with Gasteiger partial charge in [-0.1, -0.05) is 198 Å². The van der Waals surface area contributed by atoms with Crippen molar-refractivity contribution in [2.24, 2.45) is 0 Å². The van der Waals surface area contributed by atoms with Gasteiger partial charge in [-0.05, 0) is 159 Å². The van der Waals surface area contributed by atoms with Crippen molar-refractivity contribution in [3.05, 3.63) is 276 Å². The summed E-state index contributed by atoms with van der Waals surface area (Å²) in [6.07, 6.45) is 2.98. The van der Waals surface area contributed by atoms with Gasteiger partial charge in [0.15, 0.2) is 0 Å². The molecule has 0 aliphatic heterocycles. The molecule has 0 saturated heterocycles. The molecule has 1 unspecified atom stereocenters. The number of aryl methyl sites for hydroxylation is 1. The molecule has 0 amide bonds. The van der Waals surface area contributed by atoms with Gasteiger partial charge in [-0.25, -0.2) is 0 Å². The van der Waals surface area contributed by atoms with Gasteiger partial charge in [-0.15, -0.1) is 0 Å². The van der Waals surface area contributed by atoms with Crippen molar-refractivity contribution in [3.63, 3.8) is 0 Å². The first-order chi connectivity index (χ1) is 35.2. The standard InChI is InChI=1S/C70H58N2/c1-69(2)62-29-17-14-26-55(62)57-38-33-47(44-64(57)69)32-35-50(49-20-8-5-9-21-49)42-48-34-40-67(71(52-22-10-6-11-23-52)53-24-12-7-13-25-53)60(43-48)51-36-41-68-61(45-51)59-28-16-19-31-66(59)72(68)54-37-39-58-56-27-15-18-30-63(56)70(3,4)65(58)46-54/h5-31,33-34,36-41,43-46,50H,32,35,42H2,1-4H3. The number of benzene rings is 10. The van der Waals surface area contributed by atoms with E-state index in [9.17, 15) is 0 Å². The molecule has 348 valence electrons. The monoisotopic (exact) mass is 926 g/mol. The molecule has 2 aliphatic rings. The number of rotatable bonds is 11. The number of aromatic nitrogens is 1. The summed E-state index contributed by atoms with van der Waals surface area (Å²) in [6, 6.07) is 88.6. The summed E-state index contributed by atoms with van der Waals surface area (Å²) in [5.74, 6) is 0.327. The molecule has 1 aromatic heterocycles. The molecule has 2 nitrogen and oxygen atoms in total. The SMILES string of the molecule is CC1(C)c2ccccc2-c2ccc(CCC(Cc3ccc(N(c4ccccc4)c4ccccc4)c(-c4ccc5c(c4)c4ccccc4n5-c4ccc5c(c4)C(C)(C)c4ccccc4-5)c3)c3ccccc3)cc21. The van der Waals surface area contributed by atoms with Crippen molar-refractivity contribution in [2.75, 3.05) is 4.90 Å². The highest BCUT2D eigenvalue weighted by Gasteiger charge is 2.37. The lowest BCUT2D eigenvalue weighted by Gasteiger charge is -2.28. The summed E-state index contributed by atoms with van der Waals surface area (Å²) in [5, 5.41) is 2.50. The zero-order valence-corrected chi connectivity index (χ0v) is 41.6. The maximum atomic E-state index is 2.50. The molecule has 72 heavy (non-hydrogen) atoms. The minimum absolute atomic E-state index is 0.0176. The van der Waals surface area contributed by atoms with Gasteiger partial charge >= 0.3 is 0 Å². The maximum absolute atomic E-state index is 2.50. The zero-order valence-electron chi connectivity index (χ0n) is 41.6. The van der Waals surface area contributed by atoms with Gasteiger partial charge in [0, 0.05) is 44.2 Å². The van der Waals surface area contributed by atoms with Crippen LogP contribution in [0, 0.1) is 0 Å². The first-order valence-corrected chi connectivity index (χ1v) is 25.8. The number of hydrogen-bond acceptors (Lipinski definition) is 1. The second-order valence-corrected chi connectivity index (χ2v) is 21.2. The Bertz CT molecular complexity index is 3800. The average molecular weight is 927 g/mol. The topological polar surface area (TPSA) is 8.17 Å². The Morgan fingerprint density at radius 2 is 0.944 bits per heavy atom. The van der Waals surface area contributed by atoms with E-state index in [0.29, 0.717) is 5.92 Å². The van der Waals surface area contributed by atoms with Gasteiger partial charge < -0.3 is 9.47 Å². The minimum atomic E-state index is -0.0931. The minimum Gasteiger partial charge on any atom is -0.310 e. The van der Waals surface area contributed by atoms with Crippen LogP contribution in [0.2, 0.25) is 0 Å². The van der Waals surface area contributed by atoms with Crippen molar-refractivity contribution in [1.29, 1.82) is 0 Å². The molecule has 13 rings (SSSR count). The van der Waals surface area contributed by atoms with E-state index in [1.165, 1.54) is 99.8 Å². The van der Waals surface area contributed by atoms with Gasteiger partial charge in [-0.2, -0.15) is 0 Å². The van der Waals surface area contributed by atoms with Crippen LogP contribution in [0.15, 0.2) is 237 Å². The molecule has 0 fully saturated rings. The fourth-order valence-corrected chi connectivity index (χ4v) is 12.6. The Balaban J connectivity index is 0.926. The van der Waals surface area contributed by atoms with E-state index >= 15 is 0 Å². The van der Waals surface area contributed by atoms with E-state index in [2.05, 4.69) is 274 Å². The Labute approximate surface area is 424 Å². The van der Waals surface area contributed by atoms with Crippen molar-refractivity contribution < 1.29 is 0 Å². The van der Waals surface area contributed by atoms with Crippen LogP contribution in [0.5, 0.6) is 0 Å². The quantitative estimate of drug-likeness (QED) is 0.125. The summed E-state index contributed by atoms with van der Waals surface area (Å²) >= 11 is 0. The number of anilines is 3. The first-order valence-electron chi connectivity index (χ1n) is 25.8. The van der Waals surface area contributed by atoms with E-state index in [-0.39, 0.29) is 10.8 Å². The molecule has 0 bridgehead atoms. The van der Waals surface area contributed by atoms with Gasteiger partial charge in [0.05, 0.1) is 16.7 Å². The average Bonchev–Trinajstić information content (AvgIpc) is 3.97. The Kier molecular flexibility index (Phi) is 10.5. The number of nitrogens with zero attached hydrogens (tertiary/aromatic N) is 2. The summed E-state index contributed by atoms with van der Waals surface area (Å²) in [6.45, 7) is 9.51. The second kappa shape index (κ2) is 17.3. The number of fused-ring (bicyclic) bond motifs is 9.